The van der Waals surface area contributed by atoms with Crippen molar-refractivity contribution in [2.24, 2.45) is 0 Å². The molecule has 0 unspecified atom stereocenters. The van der Waals surface area contributed by atoms with Crippen molar-refractivity contribution < 1.29 is 28.7 Å². The largest absolute Gasteiger partial charge is 0.445 e. The van der Waals surface area contributed by atoms with E-state index >= 15 is 0 Å². The molecule has 226 valence electrons. The summed E-state index contributed by atoms with van der Waals surface area (Å²) in [4.78, 5) is 55.6. The molecular formula is C33H38N4O6. The van der Waals surface area contributed by atoms with E-state index < -0.39 is 23.6 Å². The van der Waals surface area contributed by atoms with E-state index in [1.165, 1.54) is 0 Å². The number of hydrogen-bond donors (Lipinski definition) is 2. The van der Waals surface area contributed by atoms with Crippen LogP contribution in [0.15, 0.2) is 78.9 Å². The van der Waals surface area contributed by atoms with Crippen molar-refractivity contribution in [1.82, 2.24) is 10.2 Å². The Morgan fingerprint density at radius 1 is 0.837 bits per heavy atom. The van der Waals surface area contributed by atoms with Gasteiger partial charge < -0.3 is 29.9 Å². The summed E-state index contributed by atoms with van der Waals surface area (Å²) in [5.74, 6) is -0.772. The maximum absolute atomic E-state index is 13.6. The lowest BCUT2D eigenvalue weighted by Crippen LogP contribution is -2.50. The molecule has 1 heterocycles. The summed E-state index contributed by atoms with van der Waals surface area (Å²) >= 11 is 0. The molecule has 1 atom stereocenters. The summed E-state index contributed by atoms with van der Waals surface area (Å²) in [6, 6.07) is 22.3. The number of anilines is 2. The molecule has 0 aliphatic carbocycles. The third kappa shape index (κ3) is 8.57. The van der Waals surface area contributed by atoms with Crippen LogP contribution in [0.25, 0.3) is 0 Å². The van der Waals surface area contributed by atoms with Gasteiger partial charge in [-0.2, -0.15) is 0 Å². The molecule has 0 bridgehead atoms. The van der Waals surface area contributed by atoms with E-state index in [2.05, 4.69) is 10.6 Å². The van der Waals surface area contributed by atoms with Crippen molar-refractivity contribution in [1.29, 1.82) is 0 Å². The maximum atomic E-state index is 13.6. The molecule has 0 saturated carbocycles. The van der Waals surface area contributed by atoms with Gasteiger partial charge in [0.2, 0.25) is 5.91 Å². The average molecular weight is 587 g/mol. The fraction of sp³-hybridized carbons (Fsp3) is 0.333. The number of nitrogens with one attached hydrogen (secondary N) is 2. The van der Waals surface area contributed by atoms with Gasteiger partial charge in [-0.25, -0.2) is 9.59 Å². The molecule has 3 amide bonds. The van der Waals surface area contributed by atoms with Crippen molar-refractivity contribution in [2.75, 3.05) is 36.4 Å². The van der Waals surface area contributed by atoms with Gasteiger partial charge in [-0.1, -0.05) is 66.7 Å². The minimum Gasteiger partial charge on any atom is -0.445 e. The van der Waals surface area contributed by atoms with Gasteiger partial charge in [-0.05, 0) is 45.4 Å². The minimum atomic E-state index is -0.958. The zero-order chi connectivity index (χ0) is 31.0. The van der Waals surface area contributed by atoms with Crippen LogP contribution in [0, 0.1) is 0 Å². The van der Waals surface area contributed by atoms with Gasteiger partial charge in [0.1, 0.15) is 18.2 Å². The Hall–Kier alpha value is -4.86. The van der Waals surface area contributed by atoms with Crippen LogP contribution in [0.5, 0.6) is 0 Å². The van der Waals surface area contributed by atoms with Crippen LogP contribution >= 0.6 is 0 Å². The van der Waals surface area contributed by atoms with Crippen LogP contribution in [0.4, 0.5) is 21.0 Å². The first-order valence-corrected chi connectivity index (χ1v) is 14.3. The predicted molar refractivity (Wildman–Crippen MR) is 164 cm³/mol. The van der Waals surface area contributed by atoms with E-state index in [9.17, 15) is 19.2 Å². The van der Waals surface area contributed by atoms with Crippen LogP contribution in [0.3, 0.4) is 0 Å². The van der Waals surface area contributed by atoms with Crippen molar-refractivity contribution in [3.05, 3.63) is 95.6 Å². The molecule has 1 saturated heterocycles. The molecule has 10 nitrogen and oxygen atoms in total. The van der Waals surface area contributed by atoms with Gasteiger partial charge in [0.05, 0.1) is 11.4 Å². The smallest absolute Gasteiger partial charge is 0.410 e. The number of alkyl carbamates (subject to hydrolysis) is 1. The van der Waals surface area contributed by atoms with Crippen molar-refractivity contribution in [3.8, 4) is 0 Å². The van der Waals surface area contributed by atoms with Crippen LogP contribution in [0.2, 0.25) is 0 Å². The molecule has 3 aromatic rings. The Labute approximate surface area is 252 Å². The normalized spacial score (nSPS) is 14.0. The number of carbonyl (C=O) groups excluding carboxylic acids is 4. The second kappa shape index (κ2) is 13.9. The molecular weight excluding hydrogens is 548 g/mol. The number of rotatable bonds is 8. The van der Waals surface area contributed by atoms with Crippen molar-refractivity contribution in [3.63, 3.8) is 0 Å². The monoisotopic (exact) mass is 586 g/mol. The van der Waals surface area contributed by atoms with E-state index in [4.69, 9.17) is 9.47 Å². The highest BCUT2D eigenvalue weighted by atomic mass is 16.6. The van der Waals surface area contributed by atoms with Gasteiger partial charge in [0.15, 0.2) is 5.78 Å². The van der Waals surface area contributed by atoms with E-state index in [0.717, 1.165) is 5.56 Å². The van der Waals surface area contributed by atoms with Crippen LogP contribution in [0.1, 0.15) is 49.2 Å². The zero-order valence-corrected chi connectivity index (χ0v) is 25.0. The molecule has 0 aromatic heterocycles. The molecule has 0 spiro atoms. The molecule has 4 rings (SSSR count). The molecule has 0 radical (unpaired) electrons. The summed E-state index contributed by atoms with van der Waals surface area (Å²) in [5, 5.41) is 5.45. The zero-order valence-electron chi connectivity index (χ0n) is 25.0. The highest BCUT2D eigenvalue weighted by Gasteiger charge is 2.29. The lowest BCUT2D eigenvalue weighted by atomic mass is 9.99. The topological polar surface area (TPSA) is 117 Å². The quantitative estimate of drug-likeness (QED) is 0.347. The SMILES string of the molecule is C[C@H](NC(=O)OCc1ccccc1)C(=O)Nc1c(C(=O)c2ccccc2)cccc1N1CCN(C(=O)OC(C)(C)C)CC1. The Kier molecular flexibility index (Phi) is 10.0. The van der Waals surface area contributed by atoms with Gasteiger partial charge in [0.25, 0.3) is 0 Å². The number of ether oxygens (including phenoxy) is 2. The van der Waals surface area contributed by atoms with E-state index in [-0.39, 0.29) is 18.5 Å². The third-order valence-electron chi connectivity index (χ3n) is 6.78. The molecule has 1 fully saturated rings. The number of amides is 3. The summed E-state index contributed by atoms with van der Waals surface area (Å²) in [5.41, 5.74) is 1.97. The van der Waals surface area contributed by atoms with Crippen LogP contribution in [-0.2, 0) is 20.9 Å². The number of ketones is 1. The van der Waals surface area contributed by atoms with Crippen LogP contribution in [-0.4, -0.2) is 66.6 Å². The summed E-state index contributed by atoms with van der Waals surface area (Å²) in [7, 11) is 0. The molecule has 3 aromatic carbocycles. The Morgan fingerprint density at radius 2 is 1.47 bits per heavy atom. The summed E-state index contributed by atoms with van der Waals surface area (Å²) in [6.45, 7) is 8.82. The summed E-state index contributed by atoms with van der Waals surface area (Å²) in [6.07, 6.45) is -1.12. The first-order chi connectivity index (χ1) is 20.5. The fourth-order valence-electron chi connectivity index (χ4n) is 4.56. The standard InChI is InChI=1S/C33H38N4O6/c1-23(34-31(40)42-22-24-12-7-5-8-13-24)30(39)35-28-26(29(38)25-14-9-6-10-15-25)16-11-17-27(28)36-18-20-37(21-19-36)32(41)43-33(2,3)4/h5-17,23H,18-22H2,1-4H3,(H,34,40)(H,35,39)/t23-/m0/s1. The molecule has 1 aliphatic heterocycles. The first kappa shape index (κ1) is 31.1. The number of benzene rings is 3. The molecule has 10 heteroatoms. The van der Waals surface area contributed by atoms with Gasteiger partial charge in [-0.15, -0.1) is 0 Å². The Bertz CT molecular complexity index is 1430. The van der Waals surface area contributed by atoms with Crippen molar-refractivity contribution >= 4 is 35.3 Å². The maximum Gasteiger partial charge on any atom is 0.410 e. The van der Waals surface area contributed by atoms with E-state index in [0.29, 0.717) is 48.7 Å². The number of para-hydroxylation sites is 1. The lowest BCUT2D eigenvalue weighted by molar-refractivity contribution is -0.117. The minimum absolute atomic E-state index is 0.0643. The van der Waals surface area contributed by atoms with E-state index in [1.54, 1.807) is 48.2 Å². The third-order valence-corrected chi connectivity index (χ3v) is 6.78. The highest BCUT2D eigenvalue weighted by Crippen LogP contribution is 2.32. The molecule has 1 aliphatic rings. The molecule has 2 N–H and O–H groups in total. The Balaban J connectivity index is 1.52. The Morgan fingerprint density at radius 3 is 2.09 bits per heavy atom. The second-order valence-electron chi connectivity index (χ2n) is 11.3. The predicted octanol–water partition coefficient (Wildman–Crippen LogP) is 5.23. The molecule has 43 heavy (non-hydrogen) atoms. The first-order valence-electron chi connectivity index (χ1n) is 14.3. The number of hydrogen-bond acceptors (Lipinski definition) is 7. The van der Waals surface area contributed by atoms with Gasteiger partial charge >= 0.3 is 12.2 Å². The fourth-order valence-corrected chi connectivity index (χ4v) is 4.56. The second-order valence-corrected chi connectivity index (χ2v) is 11.3. The van der Waals surface area contributed by atoms with E-state index in [1.807, 2.05) is 68.1 Å². The van der Waals surface area contributed by atoms with Crippen LogP contribution < -0.4 is 15.5 Å². The van der Waals surface area contributed by atoms with Gasteiger partial charge in [-0.3, -0.25) is 9.59 Å². The number of nitrogens with zero attached hydrogens (tertiary/aromatic N) is 2. The number of carbonyl (C=O) groups is 4. The van der Waals surface area contributed by atoms with Gasteiger partial charge in [0, 0.05) is 37.3 Å². The average Bonchev–Trinajstić information content (AvgIpc) is 3.00. The number of piperazine rings is 1. The highest BCUT2D eigenvalue weighted by molar-refractivity contribution is 6.16. The summed E-state index contributed by atoms with van der Waals surface area (Å²) < 4.78 is 10.8. The lowest BCUT2D eigenvalue weighted by Gasteiger charge is -2.37. The van der Waals surface area contributed by atoms with Crippen molar-refractivity contribution in [2.45, 2.75) is 45.9 Å².